The standard InChI is InChI=1S/C22H20O5/c1-3-26-21-13-18(10-11-20(21)25-2)22(24)27-14-19(23)17-9-8-15-6-4-5-7-16(15)12-17/h4-13H,3,14H2,1-2H3. The smallest absolute Gasteiger partial charge is 0.338 e. The highest BCUT2D eigenvalue weighted by Crippen LogP contribution is 2.28. The Balaban J connectivity index is 1.69. The highest BCUT2D eigenvalue weighted by molar-refractivity contribution is 6.02. The average molecular weight is 364 g/mol. The zero-order chi connectivity index (χ0) is 19.2. The van der Waals surface area contributed by atoms with Gasteiger partial charge in [0.05, 0.1) is 19.3 Å². The van der Waals surface area contributed by atoms with E-state index in [1.807, 2.05) is 37.3 Å². The second kappa shape index (κ2) is 8.36. The summed E-state index contributed by atoms with van der Waals surface area (Å²) >= 11 is 0. The first-order valence-electron chi connectivity index (χ1n) is 8.62. The Hall–Kier alpha value is -3.34. The Kier molecular flexibility index (Phi) is 5.71. The van der Waals surface area contributed by atoms with Gasteiger partial charge in [0.2, 0.25) is 0 Å². The van der Waals surface area contributed by atoms with Gasteiger partial charge in [-0.1, -0.05) is 36.4 Å². The molecule has 0 atom stereocenters. The normalized spacial score (nSPS) is 10.4. The number of fused-ring (bicyclic) bond motifs is 1. The lowest BCUT2D eigenvalue weighted by Crippen LogP contribution is -2.14. The summed E-state index contributed by atoms with van der Waals surface area (Å²) in [6, 6.07) is 17.9. The Morgan fingerprint density at radius 1 is 0.852 bits per heavy atom. The van der Waals surface area contributed by atoms with Crippen LogP contribution < -0.4 is 9.47 Å². The number of rotatable bonds is 7. The summed E-state index contributed by atoms with van der Waals surface area (Å²) in [7, 11) is 1.53. The molecule has 0 saturated carbocycles. The van der Waals surface area contributed by atoms with Crippen LogP contribution in [0.2, 0.25) is 0 Å². The zero-order valence-electron chi connectivity index (χ0n) is 15.2. The zero-order valence-corrected chi connectivity index (χ0v) is 15.2. The summed E-state index contributed by atoms with van der Waals surface area (Å²) in [5.41, 5.74) is 0.803. The molecule has 0 bridgehead atoms. The topological polar surface area (TPSA) is 61.8 Å². The largest absolute Gasteiger partial charge is 0.493 e. The maximum Gasteiger partial charge on any atom is 0.338 e. The van der Waals surface area contributed by atoms with Gasteiger partial charge in [-0.3, -0.25) is 4.79 Å². The van der Waals surface area contributed by atoms with E-state index in [-0.39, 0.29) is 12.4 Å². The van der Waals surface area contributed by atoms with Gasteiger partial charge in [-0.25, -0.2) is 4.79 Å². The molecule has 3 aromatic carbocycles. The Morgan fingerprint density at radius 2 is 1.59 bits per heavy atom. The quantitative estimate of drug-likeness (QED) is 0.462. The summed E-state index contributed by atoms with van der Waals surface area (Å²) in [4.78, 5) is 24.7. The Morgan fingerprint density at radius 3 is 2.33 bits per heavy atom. The van der Waals surface area contributed by atoms with Crippen LogP contribution in [0.15, 0.2) is 60.7 Å². The fraction of sp³-hybridized carbons (Fsp3) is 0.182. The monoisotopic (exact) mass is 364 g/mol. The maximum atomic E-state index is 12.4. The van der Waals surface area contributed by atoms with Crippen molar-refractivity contribution in [3.05, 3.63) is 71.8 Å². The van der Waals surface area contributed by atoms with E-state index >= 15 is 0 Å². The SMILES string of the molecule is CCOc1cc(C(=O)OCC(=O)c2ccc3ccccc3c2)ccc1OC. The molecular formula is C22H20O5. The number of ketones is 1. The van der Waals surface area contributed by atoms with Crippen LogP contribution in [0.4, 0.5) is 0 Å². The predicted octanol–water partition coefficient (Wildman–Crippen LogP) is 4.29. The van der Waals surface area contributed by atoms with Crippen LogP contribution >= 0.6 is 0 Å². The van der Waals surface area contributed by atoms with E-state index in [4.69, 9.17) is 14.2 Å². The van der Waals surface area contributed by atoms with E-state index in [1.165, 1.54) is 7.11 Å². The summed E-state index contributed by atoms with van der Waals surface area (Å²) in [6.07, 6.45) is 0. The van der Waals surface area contributed by atoms with Crippen molar-refractivity contribution in [2.24, 2.45) is 0 Å². The molecular weight excluding hydrogens is 344 g/mol. The summed E-state index contributed by atoms with van der Waals surface area (Å²) < 4.78 is 15.8. The third-order valence-electron chi connectivity index (χ3n) is 4.10. The van der Waals surface area contributed by atoms with Crippen molar-refractivity contribution in [2.45, 2.75) is 6.92 Å². The lowest BCUT2D eigenvalue weighted by atomic mass is 10.0. The van der Waals surface area contributed by atoms with Gasteiger partial charge >= 0.3 is 5.97 Å². The van der Waals surface area contributed by atoms with E-state index in [9.17, 15) is 9.59 Å². The third kappa shape index (κ3) is 4.26. The number of esters is 1. The molecule has 3 aromatic rings. The van der Waals surface area contributed by atoms with E-state index in [0.29, 0.717) is 29.2 Å². The Labute approximate surface area is 157 Å². The van der Waals surface area contributed by atoms with Gasteiger partial charge in [-0.15, -0.1) is 0 Å². The first-order valence-corrected chi connectivity index (χ1v) is 8.62. The minimum absolute atomic E-state index is 0.257. The van der Waals surface area contributed by atoms with Crippen LogP contribution in [0.1, 0.15) is 27.6 Å². The van der Waals surface area contributed by atoms with E-state index in [0.717, 1.165) is 10.8 Å². The van der Waals surface area contributed by atoms with Crippen LogP contribution in [0.25, 0.3) is 10.8 Å². The van der Waals surface area contributed by atoms with Crippen molar-refractivity contribution in [1.82, 2.24) is 0 Å². The molecule has 0 aliphatic heterocycles. The molecule has 0 fully saturated rings. The fourth-order valence-corrected chi connectivity index (χ4v) is 2.73. The highest BCUT2D eigenvalue weighted by Gasteiger charge is 2.15. The van der Waals surface area contributed by atoms with Gasteiger partial charge in [-0.2, -0.15) is 0 Å². The van der Waals surface area contributed by atoms with Gasteiger partial charge in [-0.05, 0) is 42.0 Å². The average Bonchev–Trinajstić information content (AvgIpc) is 2.71. The van der Waals surface area contributed by atoms with Crippen molar-refractivity contribution < 1.29 is 23.8 Å². The van der Waals surface area contributed by atoms with Crippen LogP contribution in [0.5, 0.6) is 11.5 Å². The van der Waals surface area contributed by atoms with Crippen LogP contribution in [-0.4, -0.2) is 32.1 Å². The molecule has 0 saturated heterocycles. The lowest BCUT2D eigenvalue weighted by molar-refractivity contribution is 0.0474. The minimum Gasteiger partial charge on any atom is -0.493 e. The number of hydrogen-bond donors (Lipinski definition) is 0. The van der Waals surface area contributed by atoms with Crippen molar-refractivity contribution >= 4 is 22.5 Å². The lowest BCUT2D eigenvalue weighted by Gasteiger charge is -2.11. The molecule has 0 amide bonds. The van der Waals surface area contributed by atoms with Gasteiger partial charge in [0, 0.05) is 5.56 Å². The Bertz CT molecular complexity index is 977. The molecule has 0 N–H and O–H groups in total. The van der Waals surface area contributed by atoms with Crippen LogP contribution in [-0.2, 0) is 4.74 Å². The summed E-state index contributed by atoms with van der Waals surface area (Å²) in [6.45, 7) is 1.95. The molecule has 0 radical (unpaired) electrons. The van der Waals surface area contributed by atoms with Gasteiger partial charge in [0.15, 0.2) is 23.9 Å². The molecule has 5 nitrogen and oxygen atoms in total. The second-order valence-electron chi connectivity index (χ2n) is 5.86. The van der Waals surface area contributed by atoms with Crippen LogP contribution in [0, 0.1) is 0 Å². The molecule has 0 aliphatic carbocycles. The summed E-state index contributed by atoms with van der Waals surface area (Å²) in [5, 5.41) is 2.01. The highest BCUT2D eigenvalue weighted by atomic mass is 16.5. The van der Waals surface area contributed by atoms with Crippen LogP contribution in [0.3, 0.4) is 0 Å². The second-order valence-corrected chi connectivity index (χ2v) is 5.86. The number of hydrogen-bond acceptors (Lipinski definition) is 5. The number of benzene rings is 3. The number of ether oxygens (including phenoxy) is 3. The van der Waals surface area contributed by atoms with E-state index in [1.54, 1.807) is 30.3 Å². The number of carbonyl (C=O) groups excluding carboxylic acids is 2. The number of methoxy groups -OCH3 is 1. The minimum atomic E-state index is -0.590. The first kappa shape index (κ1) is 18.5. The summed E-state index contributed by atoms with van der Waals surface area (Å²) in [5.74, 6) is 0.135. The predicted molar refractivity (Wildman–Crippen MR) is 103 cm³/mol. The van der Waals surface area contributed by atoms with Gasteiger partial charge in [0.25, 0.3) is 0 Å². The molecule has 0 heterocycles. The van der Waals surface area contributed by atoms with E-state index in [2.05, 4.69) is 0 Å². The molecule has 0 spiro atoms. The van der Waals surface area contributed by atoms with Crippen molar-refractivity contribution in [1.29, 1.82) is 0 Å². The maximum absolute atomic E-state index is 12.4. The van der Waals surface area contributed by atoms with Crippen molar-refractivity contribution in [3.63, 3.8) is 0 Å². The fourth-order valence-electron chi connectivity index (χ4n) is 2.73. The number of carbonyl (C=O) groups is 2. The molecule has 0 aliphatic rings. The number of Topliss-reactive ketones (excluding diaryl/α,β-unsaturated/α-hetero) is 1. The molecule has 0 aromatic heterocycles. The van der Waals surface area contributed by atoms with Gasteiger partial charge < -0.3 is 14.2 Å². The van der Waals surface area contributed by atoms with E-state index < -0.39 is 5.97 Å². The molecule has 27 heavy (non-hydrogen) atoms. The molecule has 138 valence electrons. The first-order chi connectivity index (χ1) is 13.1. The van der Waals surface area contributed by atoms with Crippen molar-refractivity contribution in [2.75, 3.05) is 20.3 Å². The third-order valence-corrected chi connectivity index (χ3v) is 4.10. The van der Waals surface area contributed by atoms with Crippen molar-refractivity contribution in [3.8, 4) is 11.5 Å². The molecule has 5 heteroatoms. The van der Waals surface area contributed by atoms with Gasteiger partial charge in [0.1, 0.15) is 0 Å². The molecule has 3 rings (SSSR count). The molecule has 0 unspecified atom stereocenters.